The van der Waals surface area contributed by atoms with Gasteiger partial charge in [0.15, 0.2) is 6.29 Å². The van der Waals surface area contributed by atoms with Gasteiger partial charge in [0.1, 0.15) is 5.75 Å². The maximum Gasteiger partial charge on any atom is 0.252 e. The van der Waals surface area contributed by atoms with Gasteiger partial charge in [-0.25, -0.2) is 0 Å². The fraction of sp³-hybridized carbons (Fsp3) is 0.520. The Hall–Kier alpha value is -2.40. The van der Waals surface area contributed by atoms with Crippen molar-refractivity contribution in [2.45, 2.75) is 83.2 Å². The number of aldehydes is 1. The maximum absolute atomic E-state index is 12.7. The monoisotopic (exact) mass is 410 g/mol. The van der Waals surface area contributed by atoms with Crippen LogP contribution in [0.2, 0.25) is 0 Å². The summed E-state index contributed by atoms with van der Waals surface area (Å²) in [6, 6.07) is 7.36. The molecule has 1 amide bonds. The number of phenols is 1. The van der Waals surface area contributed by atoms with E-state index in [0.29, 0.717) is 34.2 Å². The summed E-state index contributed by atoms with van der Waals surface area (Å²) >= 11 is 0. The van der Waals surface area contributed by atoms with Gasteiger partial charge >= 0.3 is 0 Å². The van der Waals surface area contributed by atoms with Crippen molar-refractivity contribution < 1.29 is 14.7 Å². The molecule has 162 valence electrons. The highest BCUT2D eigenvalue weighted by Crippen LogP contribution is 2.33. The van der Waals surface area contributed by atoms with Gasteiger partial charge in [0.05, 0.1) is 0 Å². The van der Waals surface area contributed by atoms with Crippen LogP contribution in [0.5, 0.6) is 5.75 Å². The minimum Gasteiger partial charge on any atom is -0.507 e. The summed E-state index contributed by atoms with van der Waals surface area (Å²) in [6.07, 6.45) is 12.9. The van der Waals surface area contributed by atoms with E-state index >= 15 is 0 Å². The van der Waals surface area contributed by atoms with Crippen LogP contribution in [0, 0.1) is 6.92 Å². The molecule has 5 heteroatoms. The number of rotatable bonds is 3. The molecular weight excluding hydrogens is 376 g/mol. The number of fused-ring (bicyclic) bond motifs is 1. The van der Waals surface area contributed by atoms with E-state index in [1.807, 2.05) is 6.92 Å². The normalized spacial score (nSPS) is 17.8. The molecular formula is C25H34N2O3. The quantitative estimate of drug-likeness (QED) is 0.620. The third kappa shape index (κ3) is 5.39. The van der Waals surface area contributed by atoms with Gasteiger partial charge in [0, 0.05) is 34.0 Å². The Morgan fingerprint density at radius 1 is 0.967 bits per heavy atom. The lowest BCUT2D eigenvalue weighted by Crippen LogP contribution is -2.36. The molecule has 2 fully saturated rings. The molecule has 30 heavy (non-hydrogen) atoms. The summed E-state index contributed by atoms with van der Waals surface area (Å²) in [5.74, 6) is -0.104. The van der Waals surface area contributed by atoms with Gasteiger partial charge in [-0.3, -0.25) is 9.59 Å². The molecule has 0 aromatic heterocycles. The molecule has 2 aliphatic rings. The summed E-state index contributed by atoms with van der Waals surface area (Å²) in [6.45, 7) is 1.88. The largest absolute Gasteiger partial charge is 0.507 e. The van der Waals surface area contributed by atoms with Gasteiger partial charge in [-0.2, -0.15) is 0 Å². The number of carbonyl (C=O) groups excluding carboxylic acids is 2. The average molecular weight is 411 g/mol. The highest BCUT2D eigenvalue weighted by molar-refractivity contribution is 6.13. The van der Waals surface area contributed by atoms with E-state index < -0.39 is 0 Å². The van der Waals surface area contributed by atoms with Crippen LogP contribution < -0.4 is 11.1 Å². The Bertz CT molecular complexity index is 882. The lowest BCUT2D eigenvalue weighted by molar-refractivity contribution is 0.0929. The van der Waals surface area contributed by atoms with E-state index in [1.54, 1.807) is 24.3 Å². The van der Waals surface area contributed by atoms with E-state index in [2.05, 4.69) is 5.32 Å². The average Bonchev–Trinajstić information content (AvgIpc) is 2.77. The second-order valence-corrected chi connectivity index (χ2v) is 8.68. The number of carbonyl (C=O) groups is 2. The van der Waals surface area contributed by atoms with Crippen molar-refractivity contribution in [2.24, 2.45) is 5.73 Å². The summed E-state index contributed by atoms with van der Waals surface area (Å²) in [4.78, 5) is 24.0. The highest BCUT2D eigenvalue weighted by Gasteiger charge is 2.20. The van der Waals surface area contributed by atoms with Crippen molar-refractivity contribution in [3.05, 3.63) is 41.0 Å². The lowest BCUT2D eigenvalue weighted by atomic mass is 9.93. The first-order valence-corrected chi connectivity index (χ1v) is 11.3. The van der Waals surface area contributed by atoms with Crippen molar-refractivity contribution in [1.29, 1.82) is 0 Å². The smallest absolute Gasteiger partial charge is 0.252 e. The summed E-state index contributed by atoms with van der Waals surface area (Å²) < 4.78 is 0. The Kier molecular flexibility index (Phi) is 7.86. The van der Waals surface area contributed by atoms with Crippen molar-refractivity contribution in [3.8, 4) is 5.75 Å². The number of benzene rings is 2. The van der Waals surface area contributed by atoms with Gasteiger partial charge < -0.3 is 16.2 Å². The Morgan fingerprint density at radius 3 is 2.17 bits per heavy atom. The topological polar surface area (TPSA) is 92.4 Å². The van der Waals surface area contributed by atoms with E-state index in [-0.39, 0.29) is 17.7 Å². The number of hydrogen-bond acceptors (Lipinski definition) is 4. The highest BCUT2D eigenvalue weighted by atomic mass is 16.3. The molecule has 0 spiro atoms. The van der Waals surface area contributed by atoms with Gasteiger partial charge in [0.25, 0.3) is 5.91 Å². The van der Waals surface area contributed by atoms with Crippen LogP contribution in [-0.4, -0.2) is 29.4 Å². The number of hydrogen-bond donors (Lipinski definition) is 3. The molecule has 0 radical (unpaired) electrons. The van der Waals surface area contributed by atoms with E-state index in [4.69, 9.17) is 5.73 Å². The van der Waals surface area contributed by atoms with Crippen LogP contribution in [0.4, 0.5) is 0 Å². The minimum atomic E-state index is -0.131. The fourth-order valence-corrected chi connectivity index (χ4v) is 4.61. The Balaban J connectivity index is 0.000000310. The number of nitrogens with one attached hydrogen (secondary N) is 1. The molecule has 2 aromatic rings. The molecule has 2 aliphatic carbocycles. The number of aromatic hydroxyl groups is 1. The van der Waals surface area contributed by atoms with Crippen molar-refractivity contribution in [1.82, 2.24) is 5.32 Å². The van der Waals surface area contributed by atoms with Crippen molar-refractivity contribution in [3.63, 3.8) is 0 Å². The summed E-state index contributed by atoms with van der Waals surface area (Å²) in [5.41, 5.74) is 7.42. The zero-order valence-corrected chi connectivity index (χ0v) is 18.0. The molecule has 0 saturated heterocycles. The molecule has 2 aromatic carbocycles. The molecule has 0 heterocycles. The van der Waals surface area contributed by atoms with Crippen LogP contribution >= 0.6 is 0 Å². The van der Waals surface area contributed by atoms with Crippen LogP contribution in [0.1, 0.15) is 90.5 Å². The van der Waals surface area contributed by atoms with Crippen molar-refractivity contribution >= 4 is 23.0 Å². The first-order valence-electron chi connectivity index (χ1n) is 11.3. The van der Waals surface area contributed by atoms with Crippen LogP contribution in [0.3, 0.4) is 0 Å². The number of aryl methyl sites for hydroxylation is 1. The van der Waals surface area contributed by atoms with Gasteiger partial charge in [-0.1, -0.05) is 50.7 Å². The summed E-state index contributed by atoms with van der Waals surface area (Å²) in [5, 5.41) is 14.4. The predicted octanol–water partition coefficient (Wildman–Crippen LogP) is 5.01. The molecule has 0 aliphatic heterocycles. The minimum absolute atomic E-state index is 0.0278. The van der Waals surface area contributed by atoms with Crippen molar-refractivity contribution in [2.75, 3.05) is 0 Å². The summed E-state index contributed by atoms with van der Waals surface area (Å²) in [7, 11) is 0. The standard InChI is InChI=1S/C19H21NO3.C6H13N/c1-12-7-10-16(22)18-13(11-21)8-9-15(17(12)18)19(23)20-14-5-3-2-4-6-14;7-6-4-2-1-3-5-6/h7-11,14,22H,2-6H2,1H3,(H,20,23);6H,1-5,7H2. The van der Waals surface area contributed by atoms with Gasteiger partial charge in [-0.05, 0) is 50.3 Å². The molecule has 4 rings (SSSR count). The van der Waals surface area contributed by atoms with E-state index in [0.717, 1.165) is 31.2 Å². The molecule has 5 nitrogen and oxygen atoms in total. The first-order chi connectivity index (χ1) is 14.5. The van der Waals surface area contributed by atoms with Gasteiger partial charge in [-0.15, -0.1) is 0 Å². The second-order valence-electron chi connectivity index (χ2n) is 8.68. The van der Waals surface area contributed by atoms with Crippen LogP contribution in [-0.2, 0) is 0 Å². The fourth-order valence-electron chi connectivity index (χ4n) is 4.61. The Labute approximate surface area is 179 Å². The number of phenolic OH excluding ortho intramolecular Hbond substituents is 1. The molecule has 0 atom stereocenters. The molecule has 4 N–H and O–H groups in total. The lowest BCUT2D eigenvalue weighted by Gasteiger charge is -2.23. The molecule has 0 unspecified atom stereocenters. The predicted molar refractivity (Wildman–Crippen MR) is 121 cm³/mol. The Morgan fingerprint density at radius 2 is 1.60 bits per heavy atom. The van der Waals surface area contributed by atoms with Gasteiger partial charge in [0.2, 0.25) is 0 Å². The van der Waals surface area contributed by atoms with E-state index in [9.17, 15) is 14.7 Å². The third-order valence-corrected chi connectivity index (χ3v) is 6.34. The third-order valence-electron chi connectivity index (χ3n) is 6.34. The van der Waals surface area contributed by atoms with Crippen LogP contribution in [0.25, 0.3) is 10.8 Å². The van der Waals surface area contributed by atoms with E-state index in [1.165, 1.54) is 38.5 Å². The maximum atomic E-state index is 12.7. The number of amides is 1. The molecule has 0 bridgehead atoms. The zero-order valence-electron chi connectivity index (χ0n) is 18.0. The van der Waals surface area contributed by atoms with Crippen LogP contribution in [0.15, 0.2) is 24.3 Å². The second kappa shape index (κ2) is 10.6. The first kappa shape index (κ1) is 22.3. The number of nitrogens with two attached hydrogens (primary N) is 1. The SMILES string of the molecule is Cc1ccc(O)c2c(C=O)ccc(C(=O)NC3CCCCC3)c12.NC1CCCCC1. The molecule has 2 saturated carbocycles. The zero-order chi connectivity index (χ0) is 21.5.